The van der Waals surface area contributed by atoms with Gasteiger partial charge in [0.15, 0.2) is 0 Å². The van der Waals surface area contributed by atoms with Crippen LogP contribution in [0.3, 0.4) is 0 Å². The molecular formula is C10H13N3O2S2. The van der Waals surface area contributed by atoms with Crippen LogP contribution >= 0.6 is 11.3 Å². The molecule has 0 aromatic carbocycles. The zero-order chi connectivity index (χ0) is 12.3. The van der Waals surface area contributed by atoms with Crippen LogP contribution in [0.2, 0.25) is 0 Å². The molecule has 1 atom stereocenters. The van der Waals surface area contributed by atoms with E-state index in [4.69, 9.17) is 5.26 Å². The highest BCUT2D eigenvalue weighted by Gasteiger charge is 2.20. The fraction of sp³-hybridized carbons (Fsp3) is 0.500. The van der Waals surface area contributed by atoms with Gasteiger partial charge in [0, 0.05) is 12.6 Å². The minimum atomic E-state index is -3.46. The number of nitrogens with one attached hydrogen (secondary N) is 2. The molecule has 1 aromatic rings. The number of hydrogen-bond donors (Lipinski definition) is 2. The van der Waals surface area contributed by atoms with Crippen LogP contribution in [0.25, 0.3) is 0 Å². The molecule has 2 rings (SSSR count). The molecule has 0 amide bonds. The monoisotopic (exact) mass is 271 g/mol. The topological polar surface area (TPSA) is 82.0 Å². The summed E-state index contributed by atoms with van der Waals surface area (Å²) in [4.78, 5) is 0.407. The summed E-state index contributed by atoms with van der Waals surface area (Å²) in [6, 6.07) is 5.14. The van der Waals surface area contributed by atoms with E-state index >= 15 is 0 Å². The van der Waals surface area contributed by atoms with Gasteiger partial charge in [-0.3, -0.25) is 0 Å². The van der Waals surface area contributed by atoms with Gasteiger partial charge in [0.05, 0.1) is 0 Å². The zero-order valence-corrected chi connectivity index (χ0v) is 10.8. The normalized spacial score (nSPS) is 20.3. The third-order valence-electron chi connectivity index (χ3n) is 2.64. The van der Waals surface area contributed by atoms with Crippen molar-refractivity contribution in [2.45, 2.75) is 23.1 Å². The molecule has 7 heteroatoms. The molecule has 1 aliphatic heterocycles. The van der Waals surface area contributed by atoms with Crippen LogP contribution in [-0.4, -0.2) is 27.5 Å². The molecule has 1 aliphatic rings. The van der Waals surface area contributed by atoms with Crippen LogP contribution in [0.15, 0.2) is 16.3 Å². The predicted molar refractivity (Wildman–Crippen MR) is 65.2 cm³/mol. The maximum Gasteiger partial charge on any atom is 0.250 e. The van der Waals surface area contributed by atoms with Crippen LogP contribution < -0.4 is 10.0 Å². The van der Waals surface area contributed by atoms with E-state index in [-0.39, 0.29) is 10.3 Å². The lowest BCUT2D eigenvalue weighted by atomic mass is 10.2. The highest BCUT2D eigenvalue weighted by molar-refractivity contribution is 7.91. The van der Waals surface area contributed by atoms with E-state index in [1.807, 2.05) is 6.07 Å². The van der Waals surface area contributed by atoms with Gasteiger partial charge in [0.2, 0.25) is 10.0 Å². The van der Waals surface area contributed by atoms with E-state index in [2.05, 4.69) is 10.0 Å². The first kappa shape index (κ1) is 12.5. The number of sulfonamides is 1. The Bertz CT molecular complexity index is 524. The molecule has 0 bridgehead atoms. The lowest BCUT2D eigenvalue weighted by Crippen LogP contribution is -2.36. The molecule has 1 unspecified atom stereocenters. The van der Waals surface area contributed by atoms with Crippen molar-refractivity contribution >= 4 is 21.4 Å². The van der Waals surface area contributed by atoms with Gasteiger partial charge in [0.25, 0.3) is 0 Å². The van der Waals surface area contributed by atoms with E-state index in [9.17, 15) is 8.42 Å². The number of nitrogens with zero attached hydrogens (tertiary/aromatic N) is 1. The van der Waals surface area contributed by atoms with Crippen molar-refractivity contribution in [2.24, 2.45) is 0 Å². The Morgan fingerprint density at radius 3 is 3.00 bits per heavy atom. The molecule has 1 saturated heterocycles. The van der Waals surface area contributed by atoms with Crippen molar-refractivity contribution in [3.63, 3.8) is 0 Å². The summed E-state index contributed by atoms with van der Waals surface area (Å²) in [7, 11) is -3.46. The fourth-order valence-electron chi connectivity index (χ4n) is 1.74. The standard InChI is InChI=1S/C10H13N3O2S2/c11-6-9-3-4-10(16-9)17(14,15)13-7-8-2-1-5-12-8/h3-4,8,12-13H,1-2,5,7H2. The Labute approximate surface area is 105 Å². The first-order valence-electron chi connectivity index (χ1n) is 5.35. The Morgan fingerprint density at radius 2 is 2.41 bits per heavy atom. The number of nitriles is 1. The molecule has 2 heterocycles. The Morgan fingerprint density at radius 1 is 1.59 bits per heavy atom. The average Bonchev–Trinajstić information content (AvgIpc) is 2.98. The molecule has 0 aliphatic carbocycles. The van der Waals surface area contributed by atoms with Crippen LogP contribution in [0.4, 0.5) is 0 Å². The van der Waals surface area contributed by atoms with Crippen LogP contribution in [-0.2, 0) is 10.0 Å². The summed E-state index contributed by atoms with van der Waals surface area (Å²) in [5, 5.41) is 11.9. The van der Waals surface area contributed by atoms with Crippen LogP contribution in [0, 0.1) is 11.3 Å². The SMILES string of the molecule is N#Cc1ccc(S(=O)(=O)NCC2CCCN2)s1. The number of hydrogen-bond acceptors (Lipinski definition) is 5. The lowest BCUT2D eigenvalue weighted by Gasteiger charge is -2.10. The minimum absolute atomic E-state index is 0.201. The number of thiophene rings is 1. The average molecular weight is 271 g/mol. The molecular weight excluding hydrogens is 258 g/mol. The smallest absolute Gasteiger partial charge is 0.250 e. The van der Waals surface area contributed by atoms with E-state index in [0.717, 1.165) is 30.7 Å². The van der Waals surface area contributed by atoms with Gasteiger partial charge in [-0.2, -0.15) is 5.26 Å². The molecule has 0 saturated carbocycles. The third-order valence-corrected chi connectivity index (χ3v) is 5.54. The van der Waals surface area contributed by atoms with E-state index < -0.39 is 10.0 Å². The first-order valence-corrected chi connectivity index (χ1v) is 7.65. The summed E-state index contributed by atoms with van der Waals surface area (Å²) in [6.45, 7) is 1.35. The summed E-state index contributed by atoms with van der Waals surface area (Å²) in [6.07, 6.45) is 2.08. The molecule has 92 valence electrons. The van der Waals surface area contributed by atoms with Gasteiger partial charge < -0.3 is 5.32 Å². The predicted octanol–water partition coefficient (Wildman–Crippen LogP) is 0.650. The van der Waals surface area contributed by atoms with Gasteiger partial charge in [-0.15, -0.1) is 11.3 Å². The lowest BCUT2D eigenvalue weighted by molar-refractivity contribution is 0.553. The second kappa shape index (κ2) is 5.14. The van der Waals surface area contributed by atoms with E-state index in [0.29, 0.717) is 11.4 Å². The second-order valence-electron chi connectivity index (χ2n) is 3.88. The molecule has 1 aromatic heterocycles. The Hall–Kier alpha value is -0.940. The molecule has 1 fully saturated rings. The van der Waals surface area contributed by atoms with Crippen molar-refractivity contribution in [3.05, 3.63) is 17.0 Å². The molecule has 5 nitrogen and oxygen atoms in total. The molecule has 2 N–H and O–H groups in total. The highest BCUT2D eigenvalue weighted by Crippen LogP contribution is 2.20. The van der Waals surface area contributed by atoms with E-state index in [1.165, 1.54) is 12.1 Å². The maximum atomic E-state index is 11.9. The Balaban J connectivity index is 2.00. The van der Waals surface area contributed by atoms with Crippen molar-refractivity contribution < 1.29 is 8.42 Å². The summed E-state index contributed by atoms with van der Waals surface area (Å²) in [5.41, 5.74) is 0. The third kappa shape index (κ3) is 3.04. The van der Waals surface area contributed by atoms with Gasteiger partial charge in [-0.1, -0.05) is 0 Å². The highest BCUT2D eigenvalue weighted by atomic mass is 32.2. The van der Waals surface area contributed by atoms with Gasteiger partial charge in [-0.05, 0) is 31.5 Å². The van der Waals surface area contributed by atoms with E-state index in [1.54, 1.807) is 0 Å². The fourth-order valence-corrected chi connectivity index (χ4v) is 3.97. The van der Waals surface area contributed by atoms with Crippen molar-refractivity contribution in [3.8, 4) is 6.07 Å². The Kier molecular flexibility index (Phi) is 3.79. The van der Waals surface area contributed by atoms with Crippen molar-refractivity contribution in [2.75, 3.05) is 13.1 Å². The second-order valence-corrected chi connectivity index (χ2v) is 6.95. The van der Waals surface area contributed by atoms with Gasteiger partial charge in [-0.25, -0.2) is 13.1 Å². The molecule has 0 spiro atoms. The zero-order valence-electron chi connectivity index (χ0n) is 9.14. The molecule has 17 heavy (non-hydrogen) atoms. The van der Waals surface area contributed by atoms with Crippen LogP contribution in [0.5, 0.6) is 0 Å². The van der Waals surface area contributed by atoms with Crippen molar-refractivity contribution in [1.29, 1.82) is 5.26 Å². The van der Waals surface area contributed by atoms with Crippen LogP contribution in [0.1, 0.15) is 17.7 Å². The maximum absolute atomic E-state index is 11.9. The van der Waals surface area contributed by atoms with Gasteiger partial charge in [0.1, 0.15) is 15.2 Å². The summed E-state index contributed by atoms with van der Waals surface area (Å²) in [5.74, 6) is 0. The molecule has 0 radical (unpaired) electrons. The number of rotatable bonds is 4. The first-order chi connectivity index (χ1) is 8.12. The summed E-state index contributed by atoms with van der Waals surface area (Å²) >= 11 is 0.990. The summed E-state index contributed by atoms with van der Waals surface area (Å²) < 4.78 is 26.5. The van der Waals surface area contributed by atoms with Gasteiger partial charge >= 0.3 is 0 Å². The minimum Gasteiger partial charge on any atom is -0.313 e. The quantitative estimate of drug-likeness (QED) is 0.842. The van der Waals surface area contributed by atoms with Crippen molar-refractivity contribution in [1.82, 2.24) is 10.0 Å². The largest absolute Gasteiger partial charge is 0.313 e.